The molecule has 0 fully saturated rings. The van der Waals surface area contributed by atoms with Gasteiger partial charge in [-0.05, 0) is 66.1 Å². The van der Waals surface area contributed by atoms with Crippen molar-refractivity contribution >= 4 is 48.9 Å². The first-order chi connectivity index (χ1) is 16.9. The highest BCUT2D eigenvalue weighted by Crippen LogP contribution is 2.35. The standard InChI is InChI=1S/C24H23ClFN3O5S2/c1-35(31,32)28-22(16-2-7-19(26)8-3-16)15-24(30)27-20-9-4-17-12-13-29(23(17)14-20)36(33,34)21-10-5-18(25)6-11-21/h2-11,14,22,28H,12-13,15H2,1H3,(H,27,30)/t22-/m1/s1. The van der Waals surface area contributed by atoms with Crippen molar-refractivity contribution in [3.63, 3.8) is 0 Å². The van der Waals surface area contributed by atoms with Gasteiger partial charge in [-0.15, -0.1) is 0 Å². The molecular formula is C24H23ClFN3O5S2. The quantitative estimate of drug-likeness (QED) is 0.441. The Labute approximate surface area is 214 Å². The molecule has 1 heterocycles. The topological polar surface area (TPSA) is 113 Å². The number of rotatable bonds is 8. The molecule has 1 amide bonds. The molecule has 4 rings (SSSR count). The van der Waals surface area contributed by atoms with Gasteiger partial charge < -0.3 is 5.32 Å². The number of hydrogen-bond acceptors (Lipinski definition) is 5. The molecule has 8 nitrogen and oxygen atoms in total. The van der Waals surface area contributed by atoms with E-state index in [4.69, 9.17) is 11.6 Å². The molecule has 0 bridgehead atoms. The van der Waals surface area contributed by atoms with Crippen molar-refractivity contribution in [2.45, 2.75) is 23.8 Å². The highest BCUT2D eigenvalue weighted by Gasteiger charge is 2.31. The summed E-state index contributed by atoms with van der Waals surface area (Å²) in [6, 6.07) is 15.1. The lowest BCUT2D eigenvalue weighted by Gasteiger charge is -2.21. The van der Waals surface area contributed by atoms with Gasteiger partial charge in [-0.25, -0.2) is 25.9 Å². The Bertz CT molecular complexity index is 1500. The molecule has 0 spiro atoms. The number of halogens is 2. The first kappa shape index (κ1) is 26.1. The molecule has 190 valence electrons. The Balaban J connectivity index is 1.54. The number of nitrogens with one attached hydrogen (secondary N) is 2. The van der Waals surface area contributed by atoms with E-state index in [0.29, 0.717) is 28.4 Å². The lowest BCUT2D eigenvalue weighted by Crippen LogP contribution is -2.31. The van der Waals surface area contributed by atoms with Gasteiger partial charge in [0, 0.05) is 23.7 Å². The van der Waals surface area contributed by atoms with Crippen LogP contribution in [-0.2, 0) is 31.3 Å². The number of carbonyl (C=O) groups is 1. The van der Waals surface area contributed by atoms with Gasteiger partial charge in [0.15, 0.2) is 0 Å². The molecule has 0 aliphatic carbocycles. The second kappa shape index (κ2) is 10.2. The number of anilines is 2. The van der Waals surface area contributed by atoms with Crippen molar-refractivity contribution in [1.29, 1.82) is 0 Å². The molecule has 36 heavy (non-hydrogen) atoms. The number of nitrogens with zero attached hydrogens (tertiary/aromatic N) is 1. The van der Waals surface area contributed by atoms with E-state index < -0.39 is 37.8 Å². The normalized spacial score (nSPS) is 14.4. The minimum atomic E-state index is -3.84. The summed E-state index contributed by atoms with van der Waals surface area (Å²) in [5.74, 6) is -0.997. The molecule has 0 unspecified atom stereocenters. The fourth-order valence-electron chi connectivity index (χ4n) is 3.99. The maximum absolute atomic E-state index is 13.3. The van der Waals surface area contributed by atoms with Gasteiger partial charge in [0.2, 0.25) is 15.9 Å². The van der Waals surface area contributed by atoms with Crippen molar-refractivity contribution in [3.8, 4) is 0 Å². The average Bonchev–Trinajstić information content (AvgIpc) is 3.22. The van der Waals surface area contributed by atoms with Gasteiger partial charge in [-0.3, -0.25) is 9.10 Å². The number of carbonyl (C=O) groups excluding carboxylic acids is 1. The van der Waals surface area contributed by atoms with Crippen molar-refractivity contribution < 1.29 is 26.0 Å². The first-order valence-electron chi connectivity index (χ1n) is 10.9. The summed E-state index contributed by atoms with van der Waals surface area (Å²) in [5, 5.41) is 3.12. The molecule has 1 atom stereocenters. The van der Waals surface area contributed by atoms with Gasteiger partial charge >= 0.3 is 0 Å². The zero-order valence-electron chi connectivity index (χ0n) is 19.1. The maximum Gasteiger partial charge on any atom is 0.264 e. The summed E-state index contributed by atoms with van der Waals surface area (Å²) >= 11 is 5.89. The van der Waals surface area contributed by atoms with Gasteiger partial charge in [0.1, 0.15) is 5.82 Å². The third kappa shape index (κ3) is 6.04. The summed E-state index contributed by atoms with van der Waals surface area (Å²) in [7, 11) is -7.50. The minimum Gasteiger partial charge on any atom is -0.326 e. The molecular weight excluding hydrogens is 529 g/mol. The molecule has 0 aromatic heterocycles. The van der Waals surface area contributed by atoms with Gasteiger partial charge in [-0.2, -0.15) is 0 Å². The zero-order valence-corrected chi connectivity index (χ0v) is 21.5. The number of amides is 1. The highest BCUT2D eigenvalue weighted by atomic mass is 35.5. The molecule has 3 aromatic rings. The van der Waals surface area contributed by atoms with Crippen LogP contribution in [0.4, 0.5) is 15.8 Å². The van der Waals surface area contributed by atoms with E-state index in [1.807, 2.05) is 0 Å². The largest absolute Gasteiger partial charge is 0.326 e. The number of sulfonamides is 2. The average molecular weight is 552 g/mol. The van der Waals surface area contributed by atoms with Crippen LogP contribution in [0.25, 0.3) is 0 Å². The predicted molar refractivity (Wildman–Crippen MR) is 136 cm³/mol. The third-order valence-corrected chi connectivity index (χ3v) is 8.43. The smallest absolute Gasteiger partial charge is 0.264 e. The van der Waals surface area contributed by atoms with Crippen molar-refractivity contribution in [2.24, 2.45) is 0 Å². The second-order valence-electron chi connectivity index (χ2n) is 8.37. The monoisotopic (exact) mass is 551 g/mol. The predicted octanol–water partition coefficient (Wildman–Crippen LogP) is 3.85. The van der Waals surface area contributed by atoms with Crippen LogP contribution in [0.1, 0.15) is 23.6 Å². The lowest BCUT2D eigenvalue weighted by atomic mass is 10.0. The zero-order chi connectivity index (χ0) is 26.1. The molecule has 12 heteroatoms. The van der Waals surface area contributed by atoms with Crippen molar-refractivity contribution in [1.82, 2.24) is 4.72 Å². The molecule has 0 saturated carbocycles. The Morgan fingerprint density at radius 3 is 2.33 bits per heavy atom. The van der Waals surface area contributed by atoms with E-state index in [0.717, 1.165) is 11.8 Å². The van der Waals surface area contributed by atoms with Gasteiger partial charge in [-0.1, -0.05) is 29.8 Å². The van der Waals surface area contributed by atoms with E-state index in [1.165, 1.54) is 52.8 Å². The van der Waals surface area contributed by atoms with E-state index in [-0.39, 0.29) is 17.9 Å². The summed E-state index contributed by atoms with van der Waals surface area (Å²) in [6.45, 7) is 0.253. The number of benzene rings is 3. The van der Waals surface area contributed by atoms with E-state index in [1.54, 1.807) is 18.2 Å². The summed E-state index contributed by atoms with van der Waals surface area (Å²) in [4.78, 5) is 12.9. The minimum absolute atomic E-state index is 0.100. The van der Waals surface area contributed by atoms with Crippen LogP contribution in [0.5, 0.6) is 0 Å². The fourth-order valence-corrected chi connectivity index (χ4v) is 6.35. The number of hydrogen-bond donors (Lipinski definition) is 2. The Morgan fingerprint density at radius 1 is 1.03 bits per heavy atom. The molecule has 0 saturated heterocycles. The number of fused-ring (bicyclic) bond motifs is 1. The Kier molecular flexibility index (Phi) is 7.37. The van der Waals surface area contributed by atoms with Gasteiger partial charge in [0.05, 0.1) is 22.9 Å². The first-order valence-corrected chi connectivity index (χ1v) is 14.6. The molecule has 2 N–H and O–H groups in total. The van der Waals surface area contributed by atoms with E-state index in [9.17, 15) is 26.0 Å². The third-order valence-electron chi connectivity index (χ3n) is 5.64. The van der Waals surface area contributed by atoms with Crippen LogP contribution in [0.3, 0.4) is 0 Å². The van der Waals surface area contributed by atoms with Crippen molar-refractivity contribution in [3.05, 3.63) is 88.7 Å². The second-order valence-corrected chi connectivity index (χ2v) is 12.4. The van der Waals surface area contributed by atoms with E-state index >= 15 is 0 Å². The molecule has 1 aliphatic rings. The summed E-state index contributed by atoms with van der Waals surface area (Å²) in [5.41, 5.74) is 2.04. The van der Waals surface area contributed by atoms with Crippen LogP contribution in [0.15, 0.2) is 71.6 Å². The summed E-state index contributed by atoms with van der Waals surface area (Å²) < 4.78 is 67.1. The highest BCUT2D eigenvalue weighted by molar-refractivity contribution is 7.92. The van der Waals surface area contributed by atoms with Crippen LogP contribution in [-0.4, -0.2) is 35.5 Å². The molecule has 1 aliphatic heterocycles. The van der Waals surface area contributed by atoms with E-state index in [2.05, 4.69) is 10.0 Å². The van der Waals surface area contributed by atoms with Gasteiger partial charge in [0.25, 0.3) is 10.0 Å². The van der Waals surface area contributed by atoms with Crippen LogP contribution < -0.4 is 14.3 Å². The maximum atomic E-state index is 13.3. The molecule has 3 aromatic carbocycles. The lowest BCUT2D eigenvalue weighted by molar-refractivity contribution is -0.116. The van der Waals surface area contributed by atoms with Crippen LogP contribution in [0, 0.1) is 5.82 Å². The Hall–Kier alpha value is -2.99. The van der Waals surface area contributed by atoms with Crippen molar-refractivity contribution in [2.75, 3.05) is 22.4 Å². The Morgan fingerprint density at radius 2 is 1.69 bits per heavy atom. The molecule has 0 radical (unpaired) electrons. The fraction of sp³-hybridized carbons (Fsp3) is 0.208. The SMILES string of the molecule is CS(=O)(=O)N[C@H](CC(=O)Nc1ccc2c(c1)N(S(=O)(=O)c1ccc(Cl)cc1)CC2)c1ccc(F)cc1. The van der Waals surface area contributed by atoms with Crippen LogP contribution in [0.2, 0.25) is 5.02 Å². The van der Waals surface area contributed by atoms with Crippen LogP contribution >= 0.6 is 11.6 Å². The summed E-state index contributed by atoms with van der Waals surface area (Å²) in [6.07, 6.45) is 1.22.